The number of nitrogens with one attached hydrogen (secondary N) is 3. The maximum atomic E-state index is 6.05. The summed E-state index contributed by atoms with van der Waals surface area (Å²) in [5.74, 6) is 2.06. The largest absolute Gasteiger partial charge is 0.493 e. The molecule has 0 radical (unpaired) electrons. The van der Waals surface area contributed by atoms with Gasteiger partial charge in [0.25, 0.3) is 0 Å². The molecular formula is C24H36N6O2. The van der Waals surface area contributed by atoms with Gasteiger partial charge < -0.3 is 30.3 Å². The Morgan fingerprint density at radius 2 is 1.97 bits per heavy atom. The van der Waals surface area contributed by atoms with E-state index < -0.39 is 0 Å². The first kappa shape index (κ1) is 22.8. The van der Waals surface area contributed by atoms with Gasteiger partial charge in [-0.2, -0.15) is 0 Å². The molecule has 2 aliphatic rings. The Kier molecular flexibility index (Phi) is 8.53. The molecule has 8 heteroatoms. The van der Waals surface area contributed by atoms with E-state index in [0.29, 0.717) is 18.6 Å². The standard InChI is InChI=1S/C24H36N6O2/c1-31-22-6-5-20(17-23(22)32-16-4-15-30-13-2-3-14-30)28-24-26-12-9-21(29-24)18-27-19-7-10-25-11-8-19/h5-6,9,12,17,19,25,27H,2-4,7-8,10-11,13-16,18H2,1H3,(H,26,28,29). The number of anilines is 2. The molecule has 0 amide bonds. The topological polar surface area (TPSA) is 83.6 Å². The maximum absolute atomic E-state index is 6.05. The molecule has 3 N–H and O–H groups in total. The summed E-state index contributed by atoms with van der Waals surface area (Å²) in [6, 6.07) is 8.34. The normalized spacial score (nSPS) is 17.4. The average molecular weight is 441 g/mol. The van der Waals surface area contributed by atoms with Crippen molar-refractivity contribution in [3.8, 4) is 11.5 Å². The van der Waals surface area contributed by atoms with Crippen LogP contribution in [0.1, 0.15) is 37.8 Å². The van der Waals surface area contributed by atoms with Crippen LogP contribution < -0.4 is 25.4 Å². The number of methoxy groups -OCH3 is 1. The molecule has 174 valence electrons. The van der Waals surface area contributed by atoms with Crippen LogP contribution in [0, 0.1) is 0 Å². The summed E-state index contributed by atoms with van der Waals surface area (Å²) in [6.45, 7) is 7.10. The summed E-state index contributed by atoms with van der Waals surface area (Å²) >= 11 is 0. The number of likely N-dealkylation sites (tertiary alicyclic amines) is 1. The van der Waals surface area contributed by atoms with Crippen molar-refractivity contribution in [2.75, 3.05) is 51.8 Å². The van der Waals surface area contributed by atoms with Crippen LogP contribution in [0.2, 0.25) is 0 Å². The van der Waals surface area contributed by atoms with Gasteiger partial charge in [0.05, 0.1) is 19.4 Å². The van der Waals surface area contributed by atoms with E-state index in [9.17, 15) is 0 Å². The second-order valence-corrected chi connectivity index (χ2v) is 8.52. The summed E-state index contributed by atoms with van der Waals surface area (Å²) < 4.78 is 11.5. The quantitative estimate of drug-likeness (QED) is 0.460. The highest BCUT2D eigenvalue weighted by atomic mass is 16.5. The van der Waals surface area contributed by atoms with E-state index >= 15 is 0 Å². The van der Waals surface area contributed by atoms with Crippen LogP contribution in [0.25, 0.3) is 0 Å². The summed E-state index contributed by atoms with van der Waals surface area (Å²) in [5.41, 5.74) is 1.86. The number of hydrogen-bond acceptors (Lipinski definition) is 8. The van der Waals surface area contributed by atoms with Crippen LogP contribution in [0.5, 0.6) is 11.5 Å². The number of rotatable bonds is 11. The molecule has 0 atom stereocenters. The minimum atomic E-state index is 0.550. The lowest BCUT2D eigenvalue weighted by Gasteiger charge is -2.23. The summed E-state index contributed by atoms with van der Waals surface area (Å²) in [6.07, 6.45) is 7.76. The molecule has 0 spiro atoms. The molecule has 2 saturated heterocycles. The highest BCUT2D eigenvalue weighted by Gasteiger charge is 2.13. The van der Waals surface area contributed by atoms with Gasteiger partial charge in [0.1, 0.15) is 0 Å². The number of ether oxygens (including phenoxy) is 2. The van der Waals surface area contributed by atoms with Gasteiger partial charge in [-0.25, -0.2) is 9.97 Å². The van der Waals surface area contributed by atoms with Crippen molar-refractivity contribution in [2.45, 2.75) is 44.7 Å². The second-order valence-electron chi connectivity index (χ2n) is 8.52. The van der Waals surface area contributed by atoms with Crippen molar-refractivity contribution < 1.29 is 9.47 Å². The fraction of sp³-hybridized carbons (Fsp3) is 0.583. The van der Waals surface area contributed by atoms with E-state index in [4.69, 9.17) is 9.47 Å². The fourth-order valence-corrected chi connectivity index (χ4v) is 4.30. The number of benzene rings is 1. The molecular weight excluding hydrogens is 404 g/mol. The summed E-state index contributed by atoms with van der Waals surface area (Å²) in [7, 11) is 1.67. The Labute approximate surface area is 191 Å². The van der Waals surface area contributed by atoms with Gasteiger partial charge in [-0.15, -0.1) is 0 Å². The first-order valence-electron chi connectivity index (χ1n) is 11.9. The highest BCUT2D eigenvalue weighted by Crippen LogP contribution is 2.31. The van der Waals surface area contributed by atoms with Crippen LogP contribution >= 0.6 is 0 Å². The predicted octanol–water partition coefficient (Wildman–Crippen LogP) is 2.94. The Bertz CT molecular complexity index is 837. The average Bonchev–Trinajstić information content (AvgIpc) is 3.35. The molecule has 32 heavy (non-hydrogen) atoms. The number of hydrogen-bond donors (Lipinski definition) is 3. The van der Waals surface area contributed by atoms with E-state index in [1.807, 2.05) is 24.3 Å². The predicted molar refractivity (Wildman–Crippen MR) is 127 cm³/mol. The Balaban J connectivity index is 1.31. The van der Waals surface area contributed by atoms with E-state index in [1.54, 1.807) is 13.3 Å². The minimum absolute atomic E-state index is 0.550. The van der Waals surface area contributed by atoms with Gasteiger partial charge in [0.2, 0.25) is 5.95 Å². The van der Waals surface area contributed by atoms with Gasteiger partial charge in [0.15, 0.2) is 11.5 Å². The van der Waals surface area contributed by atoms with Crippen LogP contribution in [-0.2, 0) is 6.54 Å². The molecule has 0 unspecified atom stereocenters. The Hall–Kier alpha value is -2.42. The maximum Gasteiger partial charge on any atom is 0.227 e. The molecule has 0 bridgehead atoms. The summed E-state index contributed by atoms with van der Waals surface area (Å²) in [5, 5.41) is 10.3. The lowest BCUT2D eigenvalue weighted by atomic mass is 10.1. The Morgan fingerprint density at radius 3 is 2.78 bits per heavy atom. The van der Waals surface area contributed by atoms with Crippen molar-refractivity contribution in [3.63, 3.8) is 0 Å². The van der Waals surface area contributed by atoms with Crippen molar-refractivity contribution in [1.29, 1.82) is 0 Å². The number of aromatic nitrogens is 2. The molecule has 1 aromatic carbocycles. The third-order valence-corrected chi connectivity index (χ3v) is 6.12. The zero-order valence-corrected chi connectivity index (χ0v) is 19.1. The molecule has 4 rings (SSSR count). The molecule has 2 fully saturated rings. The van der Waals surface area contributed by atoms with E-state index in [0.717, 1.165) is 68.3 Å². The molecule has 1 aromatic heterocycles. The highest BCUT2D eigenvalue weighted by molar-refractivity contribution is 5.59. The molecule has 0 saturated carbocycles. The second kappa shape index (κ2) is 12.0. The number of nitrogens with zero attached hydrogens (tertiary/aromatic N) is 3. The molecule has 3 heterocycles. The van der Waals surface area contributed by atoms with Crippen molar-refractivity contribution in [1.82, 2.24) is 25.5 Å². The van der Waals surface area contributed by atoms with Crippen LogP contribution in [0.15, 0.2) is 30.5 Å². The van der Waals surface area contributed by atoms with E-state index in [-0.39, 0.29) is 0 Å². The van der Waals surface area contributed by atoms with Crippen molar-refractivity contribution >= 4 is 11.6 Å². The molecule has 2 aromatic rings. The van der Waals surface area contributed by atoms with Gasteiger partial charge >= 0.3 is 0 Å². The van der Waals surface area contributed by atoms with E-state index in [2.05, 4.69) is 30.8 Å². The Morgan fingerprint density at radius 1 is 1.12 bits per heavy atom. The minimum Gasteiger partial charge on any atom is -0.493 e. The van der Waals surface area contributed by atoms with Crippen LogP contribution in [0.4, 0.5) is 11.6 Å². The zero-order valence-electron chi connectivity index (χ0n) is 19.1. The SMILES string of the molecule is COc1ccc(Nc2nccc(CNC3CCNCC3)n2)cc1OCCCN1CCCC1. The third kappa shape index (κ3) is 6.79. The lowest BCUT2D eigenvalue weighted by Crippen LogP contribution is -2.39. The fourth-order valence-electron chi connectivity index (χ4n) is 4.30. The van der Waals surface area contributed by atoms with Crippen molar-refractivity contribution in [3.05, 3.63) is 36.2 Å². The van der Waals surface area contributed by atoms with Gasteiger partial charge in [-0.05, 0) is 76.5 Å². The monoisotopic (exact) mass is 440 g/mol. The summed E-state index contributed by atoms with van der Waals surface area (Å²) in [4.78, 5) is 11.6. The van der Waals surface area contributed by atoms with E-state index in [1.165, 1.54) is 25.9 Å². The van der Waals surface area contributed by atoms with Crippen molar-refractivity contribution in [2.24, 2.45) is 0 Å². The molecule has 0 aliphatic carbocycles. The smallest absolute Gasteiger partial charge is 0.227 e. The van der Waals surface area contributed by atoms with Crippen LogP contribution in [0.3, 0.4) is 0 Å². The number of piperidine rings is 1. The van der Waals surface area contributed by atoms with Gasteiger partial charge in [0, 0.05) is 37.1 Å². The first-order valence-corrected chi connectivity index (χ1v) is 11.9. The first-order chi connectivity index (χ1) is 15.8. The molecule has 8 nitrogen and oxygen atoms in total. The zero-order chi connectivity index (χ0) is 22.0. The molecule has 2 aliphatic heterocycles. The third-order valence-electron chi connectivity index (χ3n) is 6.12. The van der Waals surface area contributed by atoms with Gasteiger partial charge in [-0.3, -0.25) is 0 Å². The lowest BCUT2D eigenvalue weighted by molar-refractivity contribution is 0.254. The van der Waals surface area contributed by atoms with Gasteiger partial charge in [-0.1, -0.05) is 0 Å². The van der Waals surface area contributed by atoms with Crippen LogP contribution in [-0.4, -0.2) is 67.4 Å².